The molecular weight excluding hydrogens is 302 g/mol. The van der Waals surface area contributed by atoms with Crippen LogP contribution in [-0.4, -0.2) is 61.6 Å². The molecule has 132 valence electrons. The van der Waals surface area contributed by atoms with E-state index in [4.69, 9.17) is 10.5 Å². The third kappa shape index (κ3) is 4.35. The Bertz CT molecular complexity index is 515. The Morgan fingerprint density at radius 1 is 1.17 bits per heavy atom. The Labute approximate surface area is 144 Å². The molecule has 0 spiro atoms. The fourth-order valence-corrected chi connectivity index (χ4v) is 3.74. The van der Waals surface area contributed by atoms with Gasteiger partial charge in [0.25, 0.3) is 0 Å². The first-order valence-corrected chi connectivity index (χ1v) is 9.15. The number of carbonyl (C=O) groups excluding carboxylic acids is 1. The maximum Gasteiger partial charge on any atom is 0.225 e. The number of nitrogens with zero attached hydrogens (tertiary/aromatic N) is 2. The molecule has 1 unspecified atom stereocenters. The van der Waals surface area contributed by atoms with Crippen LogP contribution < -0.4 is 5.73 Å². The zero-order valence-electron chi connectivity index (χ0n) is 14.4. The van der Waals surface area contributed by atoms with Crippen molar-refractivity contribution in [2.75, 3.05) is 45.9 Å². The molecule has 3 rings (SSSR count). The molecule has 0 bridgehead atoms. The summed E-state index contributed by atoms with van der Waals surface area (Å²) in [6, 6.07) is 10.2. The molecule has 24 heavy (non-hydrogen) atoms. The number of hydrogen-bond donors (Lipinski definition) is 1. The summed E-state index contributed by atoms with van der Waals surface area (Å²) in [5, 5.41) is 0. The van der Waals surface area contributed by atoms with E-state index < -0.39 is 0 Å². The minimum Gasteiger partial charge on any atom is -0.372 e. The molecule has 0 aromatic heterocycles. The lowest BCUT2D eigenvalue weighted by molar-refractivity contribution is -0.137. The van der Waals surface area contributed by atoms with Crippen LogP contribution in [0.4, 0.5) is 0 Å². The molecular formula is C19H29N3O2. The highest BCUT2D eigenvalue weighted by Gasteiger charge is 2.31. The molecule has 2 fully saturated rings. The van der Waals surface area contributed by atoms with Crippen LogP contribution in [0.25, 0.3) is 0 Å². The van der Waals surface area contributed by atoms with Crippen molar-refractivity contribution >= 4 is 5.91 Å². The van der Waals surface area contributed by atoms with Gasteiger partial charge < -0.3 is 20.3 Å². The van der Waals surface area contributed by atoms with Crippen LogP contribution in [-0.2, 0) is 9.53 Å². The number of piperidine rings is 1. The first-order valence-electron chi connectivity index (χ1n) is 9.15. The van der Waals surface area contributed by atoms with E-state index in [-0.39, 0.29) is 12.0 Å². The van der Waals surface area contributed by atoms with E-state index in [0.29, 0.717) is 19.0 Å². The lowest BCUT2D eigenvalue weighted by atomic mass is 9.95. The summed E-state index contributed by atoms with van der Waals surface area (Å²) >= 11 is 0. The second-order valence-electron chi connectivity index (χ2n) is 6.81. The molecule has 1 amide bonds. The van der Waals surface area contributed by atoms with E-state index in [2.05, 4.69) is 17.0 Å². The molecule has 0 aliphatic carbocycles. The number of benzene rings is 1. The minimum atomic E-state index is -0.00465. The van der Waals surface area contributed by atoms with Gasteiger partial charge in [0.2, 0.25) is 5.91 Å². The standard InChI is InChI=1S/C19H29N3O2/c20-9-13-21-11-7-17(8-12-21)19(23)22-10-4-14-24-18(15-22)16-5-2-1-3-6-16/h1-3,5-6,17-18H,4,7-15,20H2. The van der Waals surface area contributed by atoms with E-state index in [1.165, 1.54) is 0 Å². The van der Waals surface area contributed by atoms with Crippen molar-refractivity contribution in [2.45, 2.75) is 25.4 Å². The van der Waals surface area contributed by atoms with Crippen LogP contribution in [0.15, 0.2) is 30.3 Å². The van der Waals surface area contributed by atoms with Gasteiger partial charge in [-0.05, 0) is 37.9 Å². The van der Waals surface area contributed by atoms with Crippen molar-refractivity contribution in [3.63, 3.8) is 0 Å². The summed E-state index contributed by atoms with van der Waals surface area (Å²) in [6.07, 6.45) is 2.81. The fraction of sp³-hybridized carbons (Fsp3) is 0.632. The molecule has 2 heterocycles. The fourth-order valence-electron chi connectivity index (χ4n) is 3.74. The lowest BCUT2D eigenvalue weighted by Crippen LogP contribution is -2.44. The van der Waals surface area contributed by atoms with Crippen molar-refractivity contribution in [1.82, 2.24) is 9.80 Å². The maximum absolute atomic E-state index is 13.0. The number of rotatable bonds is 4. The third-order valence-electron chi connectivity index (χ3n) is 5.14. The van der Waals surface area contributed by atoms with Gasteiger partial charge >= 0.3 is 0 Å². The molecule has 1 aromatic rings. The molecule has 2 N–H and O–H groups in total. The largest absolute Gasteiger partial charge is 0.372 e. The van der Waals surface area contributed by atoms with E-state index >= 15 is 0 Å². The molecule has 2 aliphatic heterocycles. The van der Waals surface area contributed by atoms with Crippen LogP contribution in [0.5, 0.6) is 0 Å². The predicted octanol–water partition coefficient (Wildman–Crippen LogP) is 1.65. The highest BCUT2D eigenvalue weighted by atomic mass is 16.5. The zero-order chi connectivity index (χ0) is 16.8. The Morgan fingerprint density at radius 3 is 2.62 bits per heavy atom. The maximum atomic E-state index is 13.0. The number of nitrogens with two attached hydrogens (primary N) is 1. The average Bonchev–Trinajstić information content (AvgIpc) is 2.89. The lowest BCUT2D eigenvalue weighted by Gasteiger charge is -2.34. The Balaban J connectivity index is 1.59. The van der Waals surface area contributed by atoms with Crippen molar-refractivity contribution in [2.24, 2.45) is 11.7 Å². The Hall–Kier alpha value is -1.43. The van der Waals surface area contributed by atoms with Gasteiger partial charge in [-0.2, -0.15) is 0 Å². The summed E-state index contributed by atoms with van der Waals surface area (Å²) in [6.45, 7) is 5.81. The third-order valence-corrected chi connectivity index (χ3v) is 5.14. The van der Waals surface area contributed by atoms with Gasteiger partial charge in [-0.15, -0.1) is 0 Å². The monoisotopic (exact) mass is 331 g/mol. The van der Waals surface area contributed by atoms with E-state index in [1.54, 1.807) is 0 Å². The molecule has 0 radical (unpaired) electrons. The van der Waals surface area contributed by atoms with Crippen LogP contribution >= 0.6 is 0 Å². The number of hydrogen-bond acceptors (Lipinski definition) is 4. The molecule has 0 saturated carbocycles. The summed E-state index contributed by atoms with van der Waals surface area (Å²) < 4.78 is 5.99. The van der Waals surface area contributed by atoms with Gasteiger partial charge in [-0.25, -0.2) is 0 Å². The molecule has 2 saturated heterocycles. The molecule has 5 nitrogen and oxygen atoms in total. The van der Waals surface area contributed by atoms with Gasteiger partial charge in [0.15, 0.2) is 0 Å². The molecule has 1 aromatic carbocycles. The number of amides is 1. The second kappa shape index (κ2) is 8.60. The van der Waals surface area contributed by atoms with Crippen molar-refractivity contribution in [1.29, 1.82) is 0 Å². The Morgan fingerprint density at radius 2 is 1.92 bits per heavy atom. The predicted molar refractivity (Wildman–Crippen MR) is 94.6 cm³/mol. The highest BCUT2D eigenvalue weighted by Crippen LogP contribution is 2.25. The highest BCUT2D eigenvalue weighted by molar-refractivity contribution is 5.79. The van der Waals surface area contributed by atoms with Gasteiger partial charge in [-0.3, -0.25) is 4.79 Å². The van der Waals surface area contributed by atoms with Gasteiger partial charge in [0.1, 0.15) is 6.10 Å². The van der Waals surface area contributed by atoms with Crippen molar-refractivity contribution in [3.8, 4) is 0 Å². The Kier molecular flexibility index (Phi) is 6.24. The molecule has 5 heteroatoms. The molecule has 2 aliphatic rings. The van der Waals surface area contributed by atoms with Crippen LogP contribution in [0.2, 0.25) is 0 Å². The average molecular weight is 331 g/mol. The van der Waals surface area contributed by atoms with Crippen LogP contribution in [0, 0.1) is 5.92 Å². The van der Waals surface area contributed by atoms with Crippen LogP contribution in [0.3, 0.4) is 0 Å². The van der Waals surface area contributed by atoms with Crippen LogP contribution in [0.1, 0.15) is 30.9 Å². The van der Waals surface area contributed by atoms with Gasteiger partial charge in [0, 0.05) is 32.2 Å². The van der Waals surface area contributed by atoms with Crippen molar-refractivity contribution < 1.29 is 9.53 Å². The topological polar surface area (TPSA) is 58.8 Å². The van der Waals surface area contributed by atoms with E-state index in [1.807, 2.05) is 23.1 Å². The number of likely N-dealkylation sites (tertiary alicyclic amines) is 1. The van der Waals surface area contributed by atoms with Gasteiger partial charge in [-0.1, -0.05) is 30.3 Å². The first-order chi connectivity index (χ1) is 11.8. The quantitative estimate of drug-likeness (QED) is 0.911. The summed E-state index contributed by atoms with van der Waals surface area (Å²) in [5.74, 6) is 0.474. The minimum absolute atomic E-state index is 0.00465. The first kappa shape index (κ1) is 17.4. The van der Waals surface area contributed by atoms with E-state index in [0.717, 1.165) is 57.6 Å². The zero-order valence-corrected chi connectivity index (χ0v) is 14.4. The number of carbonyl (C=O) groups is 1. The van der Waals surface area contributed by atoms with Gasteiger partial charge in [0.05, 0.1) is 6.54 Å². The summed E-state index contributed by atoms with van der Waals surface area (Å²) in [5.41, 5.74) is 6.79. The SMILES string of the molecule is NCCN1CCC(C(=O)N2CCCOC(c3ccccc3)C2)CC1. The molecule has 1 atom stereocenters. The van der Waals surface area contributed by atoms with Crippen molar-refractivity contribution in [3.05, 3.63) is 35.9 Å². The second-order valence-corrected chi connectivity index (χ2v) is 6.81. The smallest absolute Gasteiger partial charge is 0.225 e. The number of ether oxygens (including phenoxy) is 1. The summed E-state index contributed by atoms with van der Waals surface area (Å²) in [4.78, 5) is 17.4. The normalized spacial score (nSPS) is 23.9. The van der Waals surface area contributed by atoms with E-state index in [9.17, 15) is 4.79 Å². The summed E-state index contributed by atoms with van der Waals surface area (Å²) in [7, 11) is 0.